The van der Waals surface area contributed by atoms with E-state index < -0.39 is 0 Å². The van der Waals surface area contributed by atoms with Crippen molar-refractivity contribution in [2.24, 2.45) is 0 Å². The summed E-state index contributed by atoms with van der Waals surface area (Å²) in [5.41, 5.74) is 4.90. The standard InChI is InChI=1S/C31H33N7O2.ClH/c1-39-16-17-40-27-14-12-25(13-15-27)34-31-35-29(28-30(36-31)38(22-33-28)26-18-32-19-26)37(20-23-8-4-2-5-9-23)21-24-10-6-3-7-11-24;/h2-15,22,26,32H,16-21H2,1H3,(H,34,35,36);1H. The van der Waals surface area contributed by atoms with Crippen LogP contribution in [0.25, 0.3) is 11.2 Å². The summed E-state index contributed by atoms with van der Waals surface area (Å²) in [6.45, 7) is 4.22. The number of ether oxygens (including phenoxy) is 2. The van der Waals surface area contributed by atoms with Crippen LogP contribution in [-0.4, -0.2) is 52.9 Å². The second kappa shape index (κ2) is 13.5. The van der Waals surface area contributed by atoms with Gasteiger partial charge in [-0.25, -0.2) is 4.98 Å². The number of anilines is 3. The molecule has 0 radical (unpaired) electrons. The fourth-order valence-corrected chi connectivity index (χ4v) is 4.74. The molecule has 1 aliphatic rings. The summed E-state index contributed by atoms with van der Waals surface area (Å²) < 4.78 is 12.9. The zero-order chi connectivity index (χ0) is 27.1. The molecule has 9 nitrogen and oxygen atoms in total. The third-order valence-electron chi connectivity index (χ3n) is 6.96. The Kier molecular flexibility index (Phi) is 9.30. The Bertz CT molecular complexity index is 1490. The number of rotatable bonds is 12. The Morgan fingerprint density at radius 1 is 0.878 bits per heavy atom. The third-order valence-corrected chi connectivity index (χ3v) is 6.96. The highest BCUT2D eigenvalue weighted by Gasteiger charge is 2.25. The highest BCUT2D eigenvalue weighted by Crippen LogP contribution is 2.30. The Morgan fingerprint density at radius 2 is 1.54 bits per heavy atom. The number of aromatic nitrogens is 4. The van der Waals surface area contributed by atoms with Crippen LogP contribution in [-0.2, 0) is 17.8 Å². The molecule has 1 saturated heterocycles. The molecular formula is C31H34ClN7O2. The highest BCUT2D eigenvalue weighted by atomic mass is 35.5. The van der Waals surface area contributed by atoms with Gasteiger partial charge in [-0.05, 0) is 35.4 Å². The van der Waals surface area contributed by atoms with Crippen molar-refractivity contribution >= 4 is 41.0 Å². The summed E-state index contributed by atoms with van der Waals surface area (Å²) in [6.07, 6.45) is 1.90. The predicted molar refractivity (Wildman–Crippen MR) is 164 cm³/mol. The summed E-state index contributed by atoms with van der Waals surface area (Å²) in [4.78, 5) is 17.1. The summed E-state index contributed by atoms with van der Waals surface area (Å²) in [5.74, 6) is 2.11. The minimum absolute atomic E-state index is 0. The Hall–Kier alpha value is -4.18. The van der Waals surface area contributed by atoms with Gasteiger partial charge >= 0.3 is 0 Å². The molecule has 0 aliphatic carbocycles. The fraction of sp³-hybridized carbons (Fsp3) is 0.258. The van der Waals surface area contributed by atoms with Gasteiger partial charge in [-0.3, -0.25) is 0 Å². The van der Waals surface area contributed by atoms with E-state index in [2.05, 4.69) is 68.6 Å². The van der Waals surface area contributed by atoms with Gasteiger partial charge in [0.05, 0.1) is 19.0 Å². The fourth-order valence-electron chi connectivity index (χ4n) is 4.74. The van der Waals surface area contributed by atoms with Gasteiger partial charge in [0.15, 0.2) is 17.0 Å². The summed E-state index contributed by atoms with van der Waals surface area (Å²) >= 11 is 0. The lowest BCUT2D eigenvalue weighted by molar-refractivity contribution is 0.146. The smallest absolute Gasteiger partial charge is 0.231 e. The number of imidazole rings is 1. The maximum absolute atomic E-state index is 5.72. The maximum atomic E-state index is 5.72. The molecule has 3 heterocycles. The van der Waals surface area contributed by atoms with Gasteiger partial charge in [-0.2, -0.15) is 9.97 Å². The molecule has 2 N–H and O–H groups in total. The van der Waals surface area contributed by atoms with Crippen LogP contribution in [0.5, 0.6) is 5.75 Å². The minimum Gasteiger partial charge on any atom is -0.491 e. The van der Waals surface area contributed by atoms with Crippen molar-refractivity contribution in [2.75, 3.05) is 43.6 Å². The van der Waals surface area contributed by atoms with Crippen LogP contribution in [0.1, 0.15) is 17.2 Å². The van der Waals surface area contributed by atoms with E-state index in [-0.39, 0.29) is 12.4 Å². The predicted octanol–water partition coefficient (Wildman–Crippen LogP) is 5.37. The number of nitrogens with one attached hydrogen (secondary N) is 2. The number of methoxy groups -OCH3 is 1. The molecular weight excluding hydrogens is 538 g/mol. The number of halogens is 1. The number of hydrogen-bond acceptors (Lipinski definition) is 8. The van der Waals surface area contributed by atoms with E-state index in [1.807, 2.05) is 42.7 Å². The second-order valence-electron chi connectivity index (χ2n) is 9.82. The molecule has 6 rings (SSSR count). The summed E-state index contributed by atoms with van der Waals surface area (Å²) in [6, 6.07) is 29.0. The number of benzene rings is 3. The normalized spacial score (nSPS) is 12.9. The van der Waals surface area contributed by atoms with Crippen LogP contribution >= 0.6 is 12.4 Å². The minimum atomic E-state index is 0. The van der Waals surface area contributed by atoms with Gasteiger partial charge in [-0.15, -0.1) is 12.4 Å². The van der Waals surface area contributed by atoms with Crippen LogP contribution in [0.3, 0.4) is 0 Å². The van der Waals surface area contributed by atoms with Crippen molar-refractivity contribution in [2.45, 2.75) is 19.1 Å². The summed E-state index contributed by atoms with van der Waals surface area (Å²) in [7, 11) is 1.66. The first-order chi connectivity index (χ1) is 19.8. The van der Waals surface area contributed by atoms with Crippen LogP contribution in [0, 0.1) is 0 Å². The lowest BCUT2D eigenvalue weighted by Gasteiger charge is -2.29. The zero-order valence-corrected chi connectivity index (χ0v) is 23.8. The molecule has 0 bridgehead atoms. The molecule has 10 heteroatoms. The quantitative estimate of drug-likeness (QED) is 0.193. The molecule has 0 atom stereocenters. The van der Waals surface area contributed by atoms with E-state index in [0.29, 0.717) is 38.3 Å². The second-order valence-corrected chi connectivity index (χ2v) is 9.82. The molecule has 1 fully saturated rings. The SMILES string of the molecule is COCCOc1ccc(Nc2nc(N(Cc3ccccc3)Cc3ccccc3)c3ncn(C4CNC4)c3n2)cc1.Cl. The Morgan fingerprint density at radius 3 is 2.12 bits per heavy atom. The van der Waals surface area contributed by atoms with Crippen LogP contribution in [0.4, 0.5) is 17.5 Å². The first-order valence-corrected chi connectivity index (χ1v) is 13.5. The van der Waals surface area contributed by atoms with Crippen LogP contribution in [0.15, 0.2) is 91.3 Å². The Labute approximate surface area is 246 Å². The van der Waals surface area contributed by atoms with Gasteiger partial charge in [-0.1, -0.05) is 60.7 Å². The lowest BCUT2D eigenvalue weighted by Crippen LogP contribution is -2.43. The average Bonchev–Trinajstić information content (AvgIpc) is 3.37. The van der Waals surface area contributed by atoms with E-state index in [1.54, 1.807) is 7.11 Å². The van der Waals surface area contributed by atoms with Gasteiger partial charge in [0.25, 0.3) is 0 Å². The first-order valence-electron chi connectivity index (χ1n) is 13.5. The maximum Gasteiger partial charge on any atom is 0.231 e. The van der Waals surface area contributed by atoms with Crippen molar-refractivity contribution < 1.29 is 9.47 Å². The van der Waals surface area contributed by atoms with Crippen molar-refractivity contribution in [3.05, 3.63) is 102 Å². The van der Waals surface area contributed by atoms with Crippen molar-refractivity contribution in [3.8, 4) is 5.75 Å². The molecule has 1 aliphatic heterocycles. The lowest BCUT2D eigenvalue weighted by atomic mass is 10.1. The van der Waals surface area contributed by atoms with E-state index >= 15 is 0 Å². The molecule has 2 aromatic heterocycles. The Balaban J connectivity index is 0.00000337. The molecule has 0 spiro atoms. The topological polar surface area (TPSA) is 89.4 Å². The van der Waals surface area contributed by atoms with E-state index in [9.17, 15) is 0 Å². The largest absolute Gasteiger partial charge is 0.491 e. The van der Waals surface area contributed by atoms with Crippen molar-refractivity contribution in [1.29, 1.82) is 0 Å². The van der Waals surface area contributed by atoms with Gasteiger partial charge < -0.3 is 29.6 Å². The molecule has 0 unspecified atom stereocenters. The first kappa shape index (κ1) is 28.4. The molecule has 5 aromatic rings. The highest BCUT2D eigenvalue weighted by molar-refractivity contribution is 5.86. The van der Waals surface area contributed by atoms with Crippen molar-refractivity contribution in [1.82, 2.24) is 24.8 Å². The van der Waals surface area contributed by atoms with E-state index in [4.69, 9.17) is 24.4 Å². The third kappa shape index (κ3) is 6.77. The molecule has 41 heavy (non-hydrogen) atoms. The molecule has 0 saturated carbocycles. The number of nitrogens with zero attached hydrogens (tertiary/aromatic N) is 5. The number of hydrogen-bond donors (Lipinski definition) is 2. The van der Waals surface area contributed by atoms with Gasteiger partial charge in [0, 0.05) is 39.0 Å². The molecule has 0 amide bonds. The van der Waals surface area contributed by atoms with Gasteiger partial charge in [0.2, 0.25) is 5.95 Å². The van der Waals surface area contributed by atoms with Crippen LogP contribution < -0.4 is 20.3 Å². The van der Waals surface area contributed by atoms with Crippen molar-refractivity contribution in [3.63, 3.8) is 0 Å². The number of fused-ring (bicyclic) bond motifs is 1. The zero-order valence-electron chi connectivity index (χ0n) is 22.9. The van der Waals surface area contributed by atoms with E-state index in [1.165, 1.54) is 11.1 Å². The molecule has 212 valence electrons. The van der Waals surface area contributed by atoms with Crippen LogP contribution in [0.2, 0.25) is 0 Å². The monoisotopic (exact) mass is 571 g/mol. The van der Waals surface area contributed by atoms with Gasteiger partial charge in [0.1, 0.15) is 12.4 Å². The molecule has 3 aromatic carbocycles. The average molecular weight is 572 g/mol. The van der Waals surface area contributed by atoms with E-state index in [0.717, 1.165) is 41.5 Å². The summed E-state index contributed by atoms with van der Waals surface area (Å²) in [5, 5.41) is 6.78.